The van der Waals surface area contributed by atoms with Gasteiger partial charge in [0.1, 0.15) is 17.1 Å². The molecule has 1 aromatic rings. The molecular weight excluding hydrogens is 292 g/mol. The Labute approximate surface area is 139 Å². The fraction of sp³-hybridized carbons (Fsp3) is 0.722. The molecule has 1 fully saturated rings. The van der Waals surface area contributed by atoms with Gasteiger partial charge in [-0.15, -0.1) is 0 Å². The Kier molecular flexibility index (Phi) is 6.10. The molecule has 2 rings (SSSR count). The van der Waals surface area contributed by atoms with E-state index in [1.165, 1.54) is 12.8 Å². The van der Waals surface area contributed by atoms with Crippen molar-refractivity contribution in [2.24, 2.45) is 5.92 Å². The van der Waals surface area contributed by atoms with Crippen LogP contribution >= 0.6 is 0 Å². The lowest BCUT2D eigenvalue weighted by Gasteiger charge is -2.32. The van der Waals surface area contributed by atoms with Crippen LogP contribution in [0.15, 0.2) is 16.5 Å². The van der Waals surface area contributed by atoms with E-state index in [0.717, 1.165) is 30.9 Å². The number of hydrogen-bond acceptors (Lipinski definition) is 4. The average molecular weight is 322 g/mol. The second-order valence-corrected chi connectivity index (χ2v) is 7.43. The number of rotatable bonds is 5. The lowest BCUT2D eigenvalue weighted by Crippen LogP contribution is -2.44. The van der Waals surface area contributed by atoms with Gasteiger partial charge in [-0.25, -0.2) is 4.79 Å². The number of nitrogens with one attached hydrogen (secondary N) is 2. The minimum absolute atomic E-state index is 0.330. The fourth-order valence-corrected chi connectivity index (χ4v) is 3.06. The Morgan fingerprint density at radius 1 is 1.30 bits per heavy atom. The molecule has 0 radical (unpaired) electrons. The smallest absolute Gasteiger partial charge is 0.407 e. The summed E-state index contributed by atoms with van der Waals surface area (Å²) in [6.45, 7) is 8.98. The maximum atomic E-state index is 11.8. The summed E-state index contributed by atoms with van der Waals surface area (Å²) in [5.41, 5.74) is -0.453. The maximum Gasteiger partial charge on any atom is 0.407 e. The van der Waals surface area contributed by atoms with Gasteiger partial charge in [-0.3, -0.25) is 0 Å². The summed E-state index contributed by atoms with van der Waals surface area (Å²) in [6, 6.07) is 4.41. The molecular formula is C18H30N2O3. The molecule has 2 N–H and O–H groups in total. The highest BCUT2D eigenvalue weighted by atomic mass is 16.6. The van der Waals surface area contributed by atoms with Crippen LogP contribution in [-0.2, 0) is 11.3 Å². The number of amides is 1. The normalized spacial score (nSPS) is 21.9. The van der Waals surface area contributed by atoms with Gasteiger partial charge in [0.15, 0.2) is 0 Å². The van der Waals surface area contributed by atoms with Crippen LogP contribution in [0.3, 0.4) is 0 Å². The topological polar surface area (TPSA) is 63.5 Å². The highest BCUT2D eigenvalue weighted by Gasteiger charge is 2.26. The van der Waals surface area contributed by atoms with E-state index in [0.29, 0.717) is 18.5 Å². The zero-order valence-electron chi connectivity index (χ0n) is 14.8. The molecule has 5 nitrogen and oxygen atoms in total. The predicted octanol–water partition coefficient (Wildman–Crippen LogP) is 3.76. The standard InChI is InChI=1S/C18H30N2O3/c1-13-9-10-15(22-13)12-19-16-8-6-5-7-14(16)11-20-17(21)23-18(2,3)4/h9-10,14,16,19H,5-8,11-12H2,1-4H3,(H,20,21). The Morgan fingerprint density at radius 3 is 2.70 bits per heavy atom. The van der Waals surface area contributed by atoms with E-state index < -0.39 is 5.60 Å². The van der Waals surface area contributed by atoms with E-state index in [2.05, 4.69) is 10.6 Å². The molecule has 5 heteroatoms. The van der Waals surface area contributed by atoms with Gasteiger partial charge < -0.3 is 19.8 Å². The van der Waals surface area contributed by atoms with Crippen LogP contribution in [0, 0.1) is 12.8 Å². The summed E-state index contributed by atoms with van der Waals surface area (Å²) < 4.78 is 10.9. The fourth-order valence-electron chi connectivity index (χ4n) is 3.06. The highest BCUT2D eigenvalue weighted by Crippen LogP contribution is 2.24. The number of carbonyl (C=O) groups excluding carboxylic acids is 1. The van der Waals surface area contributed by atoms with E-state index in [1.807, 2.05) is 39.8 Å². The van der Waals surface area contributed by atoms with E-state index in [1.54, 1.807) is 0 Å². The molecule has 2 unspecified atom stereocenters. The van der Waals surface area contributed by atoms with Crippen LogP contribution in [0.1, 0.15) is 58.0 Å². The van der Waals surface area contributed by atoms with Gasteiger partial charge in [0.05, 0.1) is 6.54 Å². The number of ether oxygens (including phenoxy) is 1. The summed E-state index contributed by atoms with van der Waals surface area (Å²) in [5.74, 6) is 2.34. The van der Waals surface area contributed by atoms with Gasteiger partial charge >= 0.3 is 6.09 Å². The molecule has 2 atom stereocenters. The zero-order chi connectivity index (χ0) is 16.9. The first-order valence-electron chi connectivity index (χ1n) is 8.59. The molecule has 0 aliphatic heterocycles. The van der Waals surface area contributed by atoms with Crippen LogP contribution < -0.4 is 10.6 Å². The van der Waals surface area contributed by atoms with E-state index in [4.69, 9.17) is 9.15 Å². The van der Waals surface area contributed by atoms with Crippen LogP contribution in [0.25, 0.3) is 0 Å². The van der Waals surface area contributed by atoms with Crippen LogP contribution in [0.5, 0.6) is 0 Å². The van der Waals surface area contributed by atoms with Crippen molar-refractivity contribution < 1.29 is 13.9 Å². The third-order valence-electron chi connectivity index (χ3n) is 4.15. The number of carbonyl (C=O) groups is 1. The summed E-state index contributed by atoms with van der Waals surface area (Å²) in [6.07, 6.45) is 4.39. The van der Waals surface area contributed by atoms with Gasteiger partial charge in [0, 0.05) is 12.6 Å². The minimum Gasteiger partial charge on any atom is -0.465 e. The number of aryl methyl sites for hydroxylation is 1. The second-order valence-electron chi connectivity index (χ2n) is 7.43. The first kappa shape index (κ1) is 17.9. The highest BCUT2D eigenvalue weighted by molar-refractivity contribution is 5.67. The SMILES string of the molecule is Cc1ccc(CNC2CCCCC2CNC(=O)OC(C)(C)C)o1. The van der Waals surface area contributed by atoms with Crippen molar-refractivity contribution in [3.63, 3.8) is 0 Å². The van der Waals surface area contributed by atoms with Crippen LogP contribution in [-0.4, -0.2) is 24.3 Å². The molecule has 1 heterocycles. The quantitative estimate of drug-likeness (QED) is 0.866. The molecule has 1 aliphatic rings. The van der Waals surface area contributed by atoms with Crippen molar-refractivity contribution in [1.29, 1.82) is 0 Å². The molecule has 1 amide bonds. The molecule has 130 valence electrons. The van der Waals surface area contributed by atoms with Gasteiger partial charge in [-0.1, -0.05) is 12.8 Å². The largest absolute Gasteiger partial charge is 0.465 e. The van der Waals surface area contributed by atoms with Crippen molar-refractivity contribution in [3.8, 4) is 0 Å². The van der Waals surface area contributed by atoms with Gasteiger partial charge in [0.25, 0.3) is 0 Å². The molecule has 1 saturated carbocycles. The van der Waals surface area contributed by atoms with E-state index in [-0.39, 0.29) is 6.09 Å². The van der Waals surface area contributed by atoms with Crippen molar-refractivity contribution in [2.45, 2.75) is 71.6 Å². The van der Waals surface area contributed by atoms with E-state index in [9.17, 15) is 4.79 Å². The van der Waals surface area contributed by atoms with Crippen molar-refractivity contribution in [2.75, 3.05) is 6.54 Å². The maximum absolute atomic E-state index is 11.8. The molecule has 0 spiro atoms. The Balaban J connectivity index is 1.79. The number of alkyl carbamates (subject to hydrolysis) is 1. The molecule has 1 aliphatic carbocycles. The molecule has 0 aromatic carbocycles. The molecule has 0 bridgehead atoms. The van der Waals surface area contributed by atoms with Gasteiger partial charge in [-0.2, -0.15) is 0 Å². The summed E-state index contributed by atoms with van der Waals surface area (Å²) >= 11 is 0. The average Bonchev–Trinajstić information content (AvgIpc) is 2.87. The second kappa shape index (κ2) is 7.86. The molecule has 23 heavy (non-hydrogen) atoms. The van der Waals surface area contributed by atoms with Crippen molar-refractivity contribution >= 4 is 6.09 Å². The van der Waals surface area contributed by atoms with Crippen LogP contribution in [0.2, 0.25) is 0 Å². The number of furan rings is 1. The predicted molar refractivity (Wildman–Crippen MR) is 90.3 cm³/mol. The lowest BCUT2D eigenvalue weighted by atomic mass is 9.84. The zero-order valence-corrected chi connectivity index (χ0v) is 14.8. The van der Waals surface area contributed by atoms with Crippen molar-refractivity contribution in [3.05, 3.63) is 23.7 Å². The molecule has 0 saturated heterocycles. The summed E-state index contributed by atoms with van der Waals surface area (Å²) in [5, 5.41) is 6.50. The molecule has 1 aromatic heterocycles. The first-order valence-corrected chi connectivity index (χ1v) is 8.59. The number of hydrogen-bond donors (Lipinski definition) is 2. The Hall–Kier alpha value is -1.49. The Bertz CT molecular complexity index is 505. The van der Waals surface area contributed by atoms with Crippen LogP contribution in [0.4, 0.5) is 4.79 Å². The van der Waals surface area contributed by atoms with Crippen molar-refractivity contribution in [1.82, 2.24) is 10.6 Å². The monoisotopic (exact) mass is 322 g/mol. The third kappa shape index (κ3) is 6.26. The van der Waals surface area contributed by atoms with Gasteiger partial charge in [-0.05, 0) is 58.6 Å². The minimum atomic E-state index is -0.453. The third-order valence-corrected chi connectivity index (χ3v) is 4.15. The summed E-state index contributed by atoms with van der Waals surface area (Å²) in [7, 11) is 0. The Morgan fingerprint density at radius 2 is 2.04 bits per heavy atom. The van der Waals surface area contributed by atoms with Gasteiger partial charge in [0.2, 0.25) is 0 Å². The summed E-state index contributed by atoms with van der Waals surface area (Å²) in [4.78, 5) is 11.8. The first-order chi connectivity index (χ1) is 10.8. The lowest BCUT2D eigenvalue weighted by molar-refractivity contribution is 0.0510. The van der Waals surface area contributed by atoms with E-state index >= 15 is 0 Å².